The minimum absolute atomic E-state index is 0.0373. The quantitative estimate of drug-likeness (QED) is 0.289. The fraction of sp³-hybridized carbons (Fsp3) is 0.419. The van der Waals surface area contributed by atoms with E-state index < -0.39 is 0 Å². The van der Waals surface area contributed by atoms with Gasteiger partial charge in [0, 0.05) is 43.2 Å². The summed E-state index contributed by atoms with van der Waals surface area (Å²) in [6.45, 7) is 3.62. The summed E-state index contributed by atoms with van der Waals surface area (Å²) in [5.74, 6) is 1.02. The molecule has 7 nitrogen and oxygen atoms in total. The molecule has 7 heteroatoms. The van der Waals surface area contributed by atoms with Crippen molar-refractivity contribution in [3.8, 4) is 11.3 Å². The van der Waals surface area contributed by atoms with Crippen LogP contribution in [-0.4, -0.2) is 43.6 Å². The standard InChI is InChI=1S/C31H38N4O3/c36-31(34-27-15-2-1-11-24(27)12-3-7-21-37-30-18-4-8-22-38-30)32-26-14-9-13-25(23-26)28-16-10-17-29(33-28)35-19-5-6-20-35/h1-2,9-11,13-17,23,30H,3-8,12,18-22H2,(H2,32,34,36). The Balaban J connectivity index is 1.14. The van der Waals surface area contributed by atoms with E-state index in [9.17, 15) is 4.79 Å². The van der Waals surface area contributed by atoms with Gasteiger partial charge in [0.1, 0.15) is 5.82 Å². The maximum atomic E-state index is 12.9. The lowest BCUT2D eigenvalue weighted by Gasteiger charge is -2.22. The zero-order valence-electron chi connectivity index (χ0n) is 22.0. The molecule has 3 heterocycles. The number of rotatable bonds is 10. The van der Waals surface area contributed by atoms with Crippen molar-refractivity contribution in [3.63, 3.8) is 0 Å². The van der Waals surface area contributed by atoms with Crippen molar-refractivity contribution in [2.45, 2.75) is 57.7 Å². The number of benzene rings is 2. The number of carbonyl (C=O) groups excluding carboxylic acids is 1. The van der Waals surface area contributed by atoms with Crippen LogP contribution < -0.4 is 15.5 Å². The van der Waals surface area contributed by atoms with Gasteiger partial charge in [0.05, 0.1) is 5.69 Å². The van der Waals surface area contributed by atoms with Crippen molar-refractivity contribution in [2.24, 2.45) is 0 Å². The maximum Gasteiger partial charge on any atom is 0.323 e. The number of anilines is 3. The number of amides is 2. The molecule has 2 aromatic carbocycles. The molecule has 0 bridgehead atoms. The number of hydrogen-bond acceptors (Lipinski definition) is 5. The van der Waals surface area contributed by atoms with Crippen LogP contribution >= 0.6 is 0 Å². The van der Waals surface area contributed by atoms with Crippen molar-refractivity contribution in [1.29, 1.82) is 0 Å². The zero-order valence-corrected chi connectivity index (χ0v) is 22.0. The van der Waals surface area contributed by atoms with E-state index in [2.05, 4.69) is 33.7 Å². The van der Waals surface area contributed by atoms with Gasteiger partial charge < -0.3 is 25.0 Å². The van der Waals surface area contributed by atoms with Crippen LogP contribution in [0.3, 0.4) is 0 Å². The van der Waals surface area contributed by atoms with Crippen LogP contribution in [0.25, 0.3) is 11.3 Å². The van der Waals surface area contributed by atoms with Gasteiger partial charge in [0.25, 0.3) is 0 Å². The summed E-state index contributed by atoms with van der Waals surface area (Å²) in [6, 6.07) is 21.7. The number of aromatic nitrogens is 1. The molecule has 1 unspecified atom stereocenters. The van der Waals surface area contributed by atoms with Crippen molar-refractivity contribution in [1.82, 2.24) is 4.98 Å². The van der Waals surface area contributed by atoms with Gasteiger partial charge in [-0.3, -0.25) is 0 Å². The lowest BCUT2D eigenvalue weighted by molar-refractivity contribution is -0.162. The van der Waals surface area contributed by atoms with E-state index >= 15 is 0 Å². The SMILES string of the molecule is O=C(Nc1cccc(-c2cccc(N3CCCC3)n2)c1)Nc1ccccc1CCCCOC1CCCCO1. The Bertz CT molecular complexity index is 1190. The molecule has 2 aliphatic heterocycles. The topological polar surface area (TPSA) is 75.7 Å². The fourth-order valence-electron chi connectivity index (χ4n) is 5.08. The first-order valence-electron chi connectivity index (χ1n) is 14.0. The molecule has 2 N–H and O–H groups in total. The van der Waals surface area contributed by atoms with Gasteiger partial charge in [-0.25, -0.2) is 9.78 Å². The molecule has 2 amide bonds. The monoisotopic (exact) mass is 514 g/mol. The van der Waals surface area contributed by atoms with Gasteiger partial charge in [-0.2, -0.15) is 0 Å². The lowest BCUT2D eigenvalue weighted by Crippen LogP contribution is -2.22. The predicted octanol–water partition coefficient (Wildman–Crippen LogP) is 6.86. The number of pyridine rings is 1. The van der Waals surface area contributed by atoms with E-state index in [1.807, 2.05) is 48.5 Å². The summed E-state index contributed by atoms with van der Waals surface area (Å²) in [4.78, 5) is 20.1. The third-order valence-corrected chi connectivity index (χ3v) is 7.13. The van der Waals surface area contributed by atoms with Gasteiger partial charge >= 0.3 is 6.03 Å². The Kier molecular flexibility index (Phi) is 9.24. The summed E-state index contributed by atoms with van der Waals surface area (Å²) in [6.07, 6.45) is 8.52. The Labute approximate surface area is 225 Å². The van der Waals surface area contributed by atoms with Crippen molar-refractivity contribution < 1.29 is 14.3 Å². The lowest BCUT2D eigenvalue weighted by atomic mass is 10.1. The van der Waals surface area contributed by atoms with E-state index in [0.29, 0.717) is 6.61 Å². The maximum absolute atomic E-state index is 12.9. The summed E-state index contributed by atoms with van der Waals surface area (Å²) < 4.78 is 11.5. The van der Waals surface area contributed by atoms with Gasteiger partial charge in [-0.1, -0.05) is 36.4 Å². The first-order chi connectivity index (χ1) is 18.7. The third kappa shape index (κ3) is 7.33. The number of urea groups is 1. The summed E-state index contributed by atoms with van der Waals surface area (Å²) in [5.41, 5.74) is 4.56. The number of unbranched alkanes of at least 4 members (excludes halogenated alkanes) is 1. The molecule has 1 aromatic heterocycles. The largest absolute Gasteiger partial charge is 0.357 e. The van der Waals surface area contributed by atoms with E-state index in [-0.39, 0.29) is 12.3 Å². The minimum atomic E-state index is -0.258. The van der Waals surface area contributed by atoms with Crippen LogP contribution in [0.2, 0.25) is 0 Å². The average molecular weight is 515 g/mol. The first-order valence-corrected chi connectivity index (χ1v) is 14.0. The van der Waals surface area contributed by atoms with Gasteiger partial charge in [0.15, 0.2) is 6.29 Å². The molecule has 0 aliphatic carbocycles. The number of carbonyl (C=O) groups is 1. The summed E-state index contributed by atoms with van der Waals surface area (Å²) in [7, 11) is 0. The Morgan fingerprint density at radius 1 is 0.947 bits per heavy atom. The number of nitrogens with one attached hydrogen (secondary N) is 2. The highest BCUT2D eigenvalue weighted by Gasteiger charge is 2.15. The van der Waals surface area contributed by atoms with Crippen LogP contribution in [0.5, 0.6) is 0 Å². The van der Waals surface area contributed by atoms with Crippen molar-refractivity contribution >= 4 is 23.2 Å². The molecule has 200 valence electrons. The molecular weight excluding hydrogens is 476 g/mol. The second-order valence-electron chi connectivity index (χ2n) is 10.0. The minimum Gasteiger partial charge on any atom is -0.357 e. The molecule has 0 radical (unpaired) electrons. The van der Waals surface area contributed by atoms with E-state index in [4.69, 9.17) is 14.5 Å². The highest BCUT2D eigenvalue weighted by Crippen LogP contribution is 2.25. The van der Waals surface area contributed by atoms with E-state index in [1.165, 1.54) is 19.3 Å². The predicted molar refractivity (Wildman–Crippen MR) is 153 cm³/mol. The second kappa shape index (κ2) is 13.4. The van der Waals surface area contributed by atoms with Crippen molar-refractivity contribution in [3.05, 3.63) is 72.3 Å². The molecule has 5 rings (SSSR count). The van der Waals surface area contributed by atoms with E-state index in [1.54, 1.807) is 0 Å². The number of ether oxygens (including phenoxy) is 2. The molecular formula is C31H38N4O3. The molecule has 2 fully saturated rings. The van der Waals surface area contributed by atoms with Crippen molar-refractivity contribution in [2.75, 3.05) is 41.8 Å². The first kappa shape index (κ1) is 26.2. The van der Waals surface area contributed by atoms with Crippen LogP contribution in [0.15, 0.2) is 66.7 Å². The molecule has 0 saturated carbocycles. The highest BCUT2D eigenvalue weighted by molar-refractivity contribution is 6.00. The van der Waals surface area contributed by atoms with Gasteiger partial charge in [-0.15, -0.1) is 0 Å². The zero-order chi connectivity index (χ0) is 26.0. The highest BCUT2D eigenvalue weighted by atomic mass is 16.7. The number of nitrogens with zero attached hydrogens (tertiary/aromatic N) is 2. The molecule has 3 aromatic rings. The smallest absolute Gasteiger partial charge is 0.323 e. The second-order valence-corrected chi connectivity index (χ2v) is 10.0. The van der Waals surface area contributed by atoms with Crippen LogP contribution in [0.4, 0.5) is 22.0 Å². The summed E-state index contributed by atoms with van der Waals surface area (Å²) >= 11 is 0. The molecule has 0 spiro atoms. The Morgan fingerprint density at radius 2 is 1.82 bits per heavy atom. The average Bonchev–Trinajstić information content (AvgIpc) is 3.50. The molecule has 2 aliphatic rings. The normalized spacial score (nSPS) is 17.4. The third-order valence-electron chi connectivity index (χ3n) is 7.13. The number of para-hydroxylation sites is 1. The Morgan fingerprint density at radius 3 is 2.68 bits per heavy atom. The fourth-order valence-corrected chi connectivity index (χ4v) is 5.08. The van der Waals surface area contributed by atoms with Gasteiger partial charge in [-0.05, 0) is 87.3 Å². The molecule has 38 heavy (non-hydrogen) atoms. The van der Waals surface area contributed by atoms with Crippen LogP contribution in [-0.2, 0) is 15.9 Å². The Hall–Kier alpha value is -3.42. The van der Waals surface area contributed by atoms with E-state index in [0.717, 1.165) is 85.8 Å². The van der Waals surface area contributed by atoms with Gasteiger partial charge in [0.2, 0.25) is 0 Å². The number of hydrogen-bond donors (Lipinski definition) is 2. The molecule has 2 saturated heterocycles. The van der Waals surface area contributed by atoms with Crippen LogP contribution in [0, 0.1) is 0 Å². The molecule has 1 atom stereocenters. The van der Waals surface area contributed by atoms with Crippen LogP contribution in [0.1, 0.15) is 50.5 Å². The summed E-state index contributed by atoms with van der Waals surface area (Å²) in [5, 5.41) is 6.02. The number of aryl methyl sites for hydroxylation is 1.